The molecule has 1 aromatic heterocycles. The number of carbonyl (C=O) groups excluding carboxylic acids is 3. The lowest BCUT2D eigenvalue weighted by Crippen LogP contribution is -2.26. The van der Waals surface area contributed by atoms with Gasteiger partial charge in [-0.1, -0.05) is 30.3 Å². The van der Waals surface area contributed by atoms with Gasteiger partial charge in [-0.3, -0.25) is 9.59 Å². The maximum atomic E-state index is 13.1. The van der Waals surface area contributed by atoms with E-state index in [1.54, 1.807) is 6.92 Å². The minimum absolute atomic E-state index is 0.112. The fraction of sp³-hybridized carbons (Fsp3) is 0.174. The van der Waals surface area contributed by atoms with E-state index in [1.165, 1.54) is 31.4 Å². The quantitative estimate of drug-likeness (QED) is 0.543. The third-order valence-electron chi connectivity index (χ3n) is 4.72. The van der Waals surface area contributed by atoms with Gasteiger partial charge in [-0.25, -0.2) is 9.18 Å². The Bertz CT molecular complexity index is 1110. The molecule has 2 aromatic carbocycles. The van der Waals surface area contributed by atoms with Crippen LogP contribution in [0.5, 0.6) is 0 Å². The Balaban J connectivity index is 1.89. The summed E-state index contributed by atoms with van der Waals surface area (Å²) in [6, 6.07) is 14.2. The molecule has 0 radical (unpaired) electrons. The number of ether oxygens (including phenoxy) is 1. The molecule has 1 unspecified atom stereocenters. The van der Waals surface area contributed by atoms with Crippen molar-refractivity contribution in [2.24, 2.45) is 0 Å². The highest BCUT2D eigenvalue weighted by Gasteiger charge is 2.27. The molecule has 0 aliphatic carbocycles. The molecule has 3 rings (SSSR count). The van der Waals surface area contributed by atoms with Crippen LogP contribution in [-0.4, -0.2) is 24.9 Å². The molecule has 0 bridgehead atoms. The highest BCUT2D eigenvalue weighted by Crippen LogP contribution is 2.34. The first-order valence-corrected chi connectivity index (χ1v) is 10.3. The molecular weight excluding hydrogens is 419 g/mol. The SMILES string of the molecule is COC(=O)c1c(NC(=O)c2ccc(F)cc2)sc(C(=O)NC(C)c2ccccc2)c1C. The van der Waals surface area contributed by atoms with Gasteiger partial charge < -0.3 is 15.4 Å². The summed E-state index contributed by atoms with van der Waals surface area (Å²) in [5.74, 6) is -2.04. The number of methoxy groups -OCH3 is 1. The van der Waals surface area contributed by atoms with E-state index in [2.05, 4.69) is 10.6 Å². The summed E-state index contributed by atoms with van der Waals surface area (Å²) >= 11 is 0.982. The topological polar surface area (TPSA) is 84.5 Å². The van der Waals surface area contributed by atoms with Crippen LogP contribution < -0.4 is 10.6 Å². The molecular formula is C23H21FN2O4S. The highest BCUT2D eigenvalue weighted by molar-refractivity contribution is 7.18. The number of amides is 2. The van der Waals surface area contributed by atoms with Crippen molar-refractivity contribution < 1.29 is 23.5 Å². The van der Waals surface area contributed by atoms with Crippen LogP contribution in [0.2, 0.25) is 0 Å². The van der Waals surface area contributed by atoms with Crippen LogP contribution in [0.1, 0.15) is 54.5 Å². The number of hydrogen-bond acceptors (Lipinski definition) is 5. The van der Waals surface area contributed by atoms with E-state index in [9.17, 15) is 18.8 Å². The van der Waals surface area contributed by atoms with E-state index in [1.807, 2.05) is 37.3 Å². The maximum Gasteiger partial charge on any atom is 0.341 e. The zero-order chi connectivity index (χ0) is 22.5. The van der Waals surface area contributed by atoms with Crippen molar-refractivity contribution in [2.75, 3.05) is 12.4 Å². The lowest BCUT2D eigenvalue weighted by Gasteiger charge is -2.14. The zero-order valence-electron chi connectivity index (χ0n) is 17.2. The number of anilines is 1. The van der Waals surface area contributed by atoms with Crippen molar-refractivity contribution in [3.63, 3.8) is 0 Å². The normalized spacial score (nSPS) is 11.5. The lowest BCUT2D eigenvalue weighted by atomic mass is 10.1. The molecule has 0 fully saturated rings. The molecule has 31 heavy (non-hydrogen) atoms. The van der Waals surface area contributed by atoms with Crippen molar-refractivity contribution in [1.82, 2.24) is 5.32 Å². The number of thiophene rings is 1. The van der Waals surface area contributed by atoms with Crippen LogP contribution in [0.3, 0.4) is 0 Å². The molecule has 3 aromatic rings. The van der Waals surface area contributed by atoms with Crippen LogP contribution in [-0.2, 0) is 4.74 Å². The summed E-state index contributed by atoms with van der Waals surface area (Å²) < 4.78 is 18.0. The third-order valence-corrected chi connectivity index (χ3v) is 5.93. The van der Waals surface area contributed by atoms with Crippen LogP contribution in [0.15, 0.2) is 54.6 Å². The Morgan fingerprint density at radius 1 is 1.00 bits per heavy atom. The smallest absolute Gasteiger partial charge is 0.341 e. The van der Waals surface area contributed by atoms with E-state index >= 15 is 0 Å². The molecule has 2 N–H and O–H groups in total. The summed E-state index contributed by atoms with van der Waals surface area (Å²) in [4.78, 5) is 38.1. The van der Waals surface area contributed by atoms with E-state index in [-0.39, 0.29) is 33.0 Å². The standard InChI is InChI=1S/C23H21FN2O4S/c1-13-18(23(29)30-3)22(26-20(27)16-9-11-17(24)12-10-16)31-19(13)21(28)25-14(2)15-7-5-4-6-8-15/h4-12,14H,1-3H3,(H,25,28)(H,26,27). The average molecular weight is 440 g/mol. The largest absolute Gasteiger partial charge is 0.465 e. The van der Waals surface area contributed by atoms with Crippen LogP contribution in [0.25, 0.3) is 0 Å². The first-order chi connectivity index (χ1) is 14.8. The number of halogens is 1. The van der Waals surface area contributed by atoms with Crippen molar-refractivity contribution in [3.8, 4) is 0 Å². The van der Waals surface area contributed by atoms with Gasteiger partial charge in [0.1, 0.15) is 10.8 Å². The van der Waals surface area contributed by atoms with Gasteiger partial charge in [0, 0.05) is 5.56 Å². The summed E-state index contributed by atoms with van der Waals surface area (Å²) in [6.45, 7) is 3.48. The Kier molecular flexibility index (Phi) is 6.81. The van der Waals surface area contributed by atoms with Crippen molar-refractivity contribution >= 4 is 34.1 Å². The molecule has 0 aliphatic rings. The second kappa shape index (κ2) is 9.53. The lowest BCUT2D eigenvalue weighted by molar-refractivity contribution is 0.0601. The second-order valence-corrected chi connectivity index (χ2v) is 7.84. The molecule has 6 nitrogen and oxygen atoms in total. The number of esters is 1. The van der Waals surface area contributed by atoms with Gasteiger partial charge >= 0.3 is 5.97 Å². The number of benzene rings is 2. The molecule has 2 amide bonds. The predicted octanol–water partition coefficient (Wildman–Crippen LogP) is 4.73. The summed E-state index contributed by atoms with van der Waals surface area (Å²) in [5, 5.41) is 5.74. The monoisotopic (exact) mass is 440 g/mol. The van der Waals surface area contributed by atoms with Crippen molar-refractivity contribution in [3.05, 3.63) is 87.5 Å². The minimum Gasteiger partial charge on any atom is -0.465 e. The third kappa shape index (κ3) is 4.97. The van der Waals surface area contributed by atoms with Gasteiger partial charge in [-0.2, -0.15) is 0 Å². The van der Waals surface area contributed by atoms with Crippen LogP contribution in [0.4, 0.5) is 9.39 Å². The minimum atomic E-state index is -0.668. The van der Waals surface area contributed by atoms with Gasteiger partial charge in [-0.15, -0.1) is 11.3 Å². The van der Waals surface area contributed by atoms with Gasteiger partial charge in [0.15, 0.2) is 0 Å². The molecule has 0 spiro atoms. The Labute approximate surface area is 183 Å². The first-order valence-electron chi connectivity index (χ1n) is 9.46. The van der Waals surface area contributed by atoms with Gasteiger partial charge in [-0.05, 0) is 49.2 Å². The highest BCUT2D eigenvalue weighted by atomic mass is 32.1. The first kappa shape index (κ1) is 22.2. The average Bonchev–Trinajstić information content (AvgIpc) is 3.10. The van der Waals surface area contributed by atoms with Crippen LogP contribution in [0, 0.1) is 12.7 Å². The second-order valence-electron chi connectivity index (χ2n) is 6.82. The predicted molar refractivity (Wildman–Crippen MR) is 117 cm³/mol. The van der Waals surface area contributed by atoms with Crippen LogP contribution >= 0.6 is 11.3 Å². The van der Waals surface area contributed by atoms with Crippen molar-refractivity contribution in [1.29, 1.82) is 0 Å². The Morgan fingerprint density at radius 3 is 2.26 bits per heavy atom. The van der Waals surface area contributed by atoms with E-state index in [0.29, 0.717) is 5.56 Å². The molecule has 0 saturated heterocycles. The van der Waals surface area contributed by atoms with Gasteiger partial charge in [0.05, 0.1) is 23.6 Å². The van der Waals surface area contributed by atoms with E-state index in [0.717, 1.165) is 16.9 Å². The zero-order valence-corrected chi connectivity index (χ0v) is 18.0. The molecule has 1 atom stereocenters. The summed E-state index contributed by atoms with van der Waals surface area (Å²) in [7, 11) is 1.22. The number of carbonyl (C=O) groups is 3. The Morgan fingerprint density at radius 2 is 1.65 bits per heavy atom. The van der Waals surface area contributed by atoms with Gasteiger partial charge in [0.2, 0.25) is 0 Å². The number of hydrogen-bond donors (Lipinski definition) is 2. The molecule has 160 valence electrons. The van der Waals surface area contributed by atoms with Gasteiger partial charge in [0.25, 0.3) is 11.8 Å². The fourth-order valence-corrected chi connectivity index (χ4v) is 4.12. The number of nitrogens with one attached hydrogen (secondary N) is 2. The molecule has 0 aliphatic heterocycles. The maximum absolute atomic E-state index is 13.1. The van der Waals surface area contributed by atoms with Crippen molar-refractivity contribution in [2.45, 2.75) is 19.9 Å². The molecule has 0 saturated carbocycles. The fourth-order valence-electron chi connectivity index (χ4n) is 3.03. The van der Waals surface area contributed by atoms with E-state index < -0.39 is 17.7 Å². The Hall–Kier alpha value is -3.52. The molecule has 1 heterocycles. The molecule has 8 heteroatoms. The summed E-state index contributed by atoms with van der Waals surface area (Å²) in [6.07, 6.45) is 0. The number of rotatable bonds is 6. The summed E-state index contributed by atoms with van der Waals surface area (Å²) in [5.41, 5.74) is 1.67. The van der Waals surface area contributed by atoms with E-state index in [4.69, 9.17) is 4.74 Å².